The molecule has 0 spiro atoms. The number of benzene rings is 2. The Morgan fingerprint density at radius 2 is 1.87 bits per heavy atom. The highest BCUT2D eigenvalue weighted by atomic mass is 32.1. The smallest absolute Gasteiger partial charge is 0.349 e. The van der Waals surface area contributed by atoms with Gasteiger partial charge in [-0.25, -0.2) is 9.78 Å². The lowest BCUT2D eigenvalue weighted by Crippen LogP contribution is -2.17. The summed E-state index contributed by atoms with van der Waals surface area (Å²) in [7, 11) is 0. The molecule has 0 aliphatic rings. The predicted molar refractivity (Wildman–Crippen MR) is 122 cm³/mol. The maximum absolute atomic E-state index is 12.2. The third kappa shape index (κ3) is 5.67. The van der Waals surface area contributed by atoms with Gasteiger partial charge in [0.05, 0.1) is 5.69 Å². The van der Waals surface area contributed by atoms with E-state index in [1.807, 2.05) is 60.0 Å². The van der Waals surface area contributed by atoms with Crippen molar-refractivity contribution in [2.45, 2.75) is 13.3 Å². The first kappa shape index (κ1) is 20.6. The number of rotatable bonds is 8. The van der Waals surface area contributed by atoms with Crippen molar-refractivity contribution in [2.24, 2.45) is 0 Å². The molecule has 0 aliphatic heterocycles. The van der Waals surface area contributed by atoms with Crippen molar-refractivity contribution >= 4 is 28.1 Å². The van der Waals surface area contributed by atoms with E-state index < -0.39 is 5.97 Å². The van der Waals surface area contributed by atoms with E-state index in [2.05, 4.69) is 22.2 Å². The summed E-state index contributed by atoms with van der Waals surface area (Å²) in [4.78, 5) is 21.1. The van der Waals surface area contributed by atoms with E-state index in [9.17, 15) is 4.79 Å². The number of nitrogens with one attached hydrogen (secondary N) is 1. The van der Waals surface area contributed by atoms with Crippen LogP contribution in [0.15, 0.2) is 78.3 Å². The highest BCUT2D eigenvalue weighted by molar-refractivity contribution is 7.14. The highest BCUT2D eigenvalue weighted by Crippen LogP contribution is 2.27. The van der Waals surface area contributed by atoms with Crippen molar-refractivity contribution in [3.63, 3.8) is 0 Å². The first-order valence-corrected chi connectivity index (χ1v) is 10.7. The Morgan fingerprint density at radius 3 is 2.71 bits per heavy atom. The predicted octanol–water partition coefficient (Wildman–Crippen LogP) is 5.50. The topological polar surface area (TPSA) is 73.3 Å². The maximum atomic E-state index is 12.2. The van der Waals surface area contributed by atoms with Crippen LogP contribution in [0.1, 0.15) is 12.5 Å². The molecule has 0 aliphatic carbocycles. The number of carbonyl (C=O) groups is 1. The molecule has 2 aromatic heterocycles. The van der Waals surface area contributed by atoms with E-state index in [0.29, 0.717) is 11.5 Å². The minimum Gasteiger partial charge on any atom is -0.482 e. The second-order valence-electron chi connectivity index (χ2n) is 6.67. The summed E-state index contributed by atoms with van der Waals surface area (Å²) in [5.74, 6) is 0.618. The van der Waals surface area contributed by atoms with Crippen LogP contribution in [-0.4, -0.2) is 22.5 Å². The average Bonchev–Trinajstić information content (AvgIpc) is 3.27. The molecule has 0 bridgehead atoms. The molecular weight excluding hydrogens is 410 g/mol. The summed E-state index contributed by atoms with van der Waals surface area (Å²) in [5.41, 5.74) is 3.54. The summed E-state index contributed by atoms with van der Waals surface area (Å²) in [6, 6.07) is 20.5. The Bertz CT molecular complexity index is 1160. The lowest BCUT2D eigenvalue weighted by molar-refractivity contribution is -0.136. The standard InChI is InChI=1S/C24H21N3O3S/c1-2-17-7-5-9-19(13-17)29-15-23(28)30-20-10-6-8-18(14-20)26-24-27-22(16-31-24)21-11-3-4-12-25-21/h3-14,16H,2,15H2,1H3,(H,26,27). The number of ether oxygens (including phenoxy) is 2. The Balaban J connectivity index is 1.35. The Morgan fingerprint density at radius 1 is 1.00 bits per heavy atom. The molecular formula is C24H21N3O3S. The summed E-state index contributed by atoms with van der Waals surface area (Å²) in [6.45, 7) is 1.91. The van der Waals surface area contributed by atoms with Crippen molar-refractivity contribution in [1.82, 2.24) is 9.97 Å². The van der Waals surface area contributed by atoms with Crippen LogP contribution in [0.25, 0.3) is 11.4 Å². The minimum absolute atomic E-state index is 0.162. The van der Waals surface area contributed by atoms with Gasteiger partial charge in [-0.15, -0.1) is 11.3 Å². The first-order chi connectivity index (χ1) is 15.2. The Hall–Kier alpha value is -3.71. The van der Waals surface area contributed by atoms with Gasteiger partial charge >= 0.3 is 5.97 Å². The zero-order chi connectivity index (χ0) is 21.5. The van der Waals surface area contributed by atoms with Crippen molar-refractivity contribution in [2.75, 3.05) is 11.9 Å². The monoisotopic (exact) mass is 431 g/mol. The molecule has 7 heteroatoms. The van der Waals surface area contributed by atoms with E-state index >= 15 is 0 Å². The minimum atomic E-state index is -0.467. The zero-order valence-corrected chi connectivity index (χ0v) is 17.8. The molecule has 0 radical (unpaired) electrons. The SMILES string of the molecule is CCc1cccc(OCC(=O)Oc2cccc(Nc3nc(-c4ccccn4)cs3)c2)c1. The number of thiazole rings is 1. The third-order valence-corrected chi connectivity index (χ3v) is 5.17. The Kier molecular flexibility index (Phi) is 6.54. The lowest BCUT2D eigenvalue weighted by Gasteiger charge is -2.09. The molecule has 0 fully saturated rings. The molecule has 6 nitrogen and oxygen atoms in total. The number of aromatic nitrogens is 2. The van der Waals surface area contributed by atoms with Crippen LogP contribution in [0, 0.1) is 0 Å². The molecule has 4 aromatic rings. The normalized spacial score (nSPS) is 10.5. The van der Waals surface area contributed by atoms with E-state index in [4.69, 9.17) is 9.47 Å². The fraction of sp³-hybridized carbons (Fsp3) is 0.125. The van der Waals surface area contributed by atoms with Gasteiger partial charge in [0.25, 0.3) is 0 Å². The highest BCUT2D eigenvalue weighted by Gasteiger charge is 2.09. The lowest BCUT2D eigenvalue weighted by atomic mass is 10.2. The van der Waals surface area contributed by atoms with Gasteiger partial charge in [-0.05, 0) is 48.4 Å². The first-order valence-electron chi connectivity index (χ1n) is 9.86. The van der Waals surface area contributed by atoms with E-state index in [-0.39, 0.29) is 6.61 Å². The van der Waals surface area contributed by atoms with E-state index in [1.54, 1.807) is 18.3 Å². The fourth-order valence-corrected chi connectivity index (χ4v) is 3.61. The maximum Gasteiger partial charge on any atom is 0.349 e. The summed E-state index contributed by atoms with van der Waals surface area (Å²) < 4.78 is 11.0. The van der Waals surface area contributed by atoms with Crippen molar-refractivity contribution in [1.29, 1.82) is 0 Å². The summed E-state index contributed by atoms with van der Waals surface area (Å²) in [5, 5.41) is 5.90. The molecule has 4 rings (SSSR count). The van der Waals surface area contributed by atoms with Gasteiger partial charge in [0.2, 0.25) is 0 Å². The average molecular weight is 432 g/mol. The number of carbonyl (C=O) groups excluding carboxylic acids is 1. The number of pyridine rings is 1. The van der Waals surface area contributed by atoms with Crippen molar-refractivity contribution in [3.8, 4) is 22.9 Å². The van der Waals surface area contributed by atoms with Crippen LogP contribution in [0.3, 0.4) is 0 Å². The fourth-order valence-electron chi connectivity index (χ4n) is 2.88. The van der Waals surface area contributed by atoms with Crippen LogP contribution in [0.2, 0.25) is 0 Å². The number of hydrogen-bond acceptors (Lipinski definition) is 7. The largest absolute Gasteiger partial charge is 0.482 e. The van der Waals surface area contributed by atoms with E-state index in [1.165, 1.54) is 11.3 Å². The van der Waals surface area contributed by atoms with Gasteiger partial charge in [-0.3, -0.25) is 4.98 Å². The summed E-state index contributed by atoms with van der Waals surface area (Å²) in [6.07, 6.45) is 2.65. The van der Waals surface area contributed by atoms with Gasteiger partial charge in [0.1, 0.15) is 17.2 Å². The molecule has 31 heavy (non-hydrogen) atoms. The number of esters is 1. The number of hydrogen-bond donors (Lipinski definition) is 1. The molecule has 0 saturated carbocycles. The quantitative estimate of drug-likeness (QED) is 0.294. The molecule has 0 amide bonds. The van der Waals surface area contributed by atoms with Crippen LogP contribution in [0.5, 0.6) is 11.5 Å². The molecule has 156 valence electrons. The number of aryl methyl sites for hydroxylation is 1. The second kappa shape index (κ2) is 9.86. The van der Waals surface area contributed by atoms with Crippen LogP contribution in [0.4, 0.5) is 10.8 Å². The van der Waals surface area contributed by atoms with Crippen LogP contribution >= 0.6 is 11.3 Å². The van der Waals surface area contributed by atoms with Gasteiger partial charge in [-0.2, -0.15) is 0 Å². The zero-order valence-electron chi connectivity index (χ0n) is 16.9. The third-order valence-electron chi connectivity index (χ3n) is 4.41. The second-order valence-corrected chi connectivity index (χ2v) is 7.53. The summed E-state index contributed by atoms with van der Waals surface area (Å²) >= 11 is 1.48. The molecule has 2 aromatic carbocycles. The van der Waals surface area contributed by atoms with Gasteiger partial charge in [-0.1, -0.05) is 31.2 Å². The number of anilines is 2. The molecule has 0 unspecified atom stereocenters. The molecule has 1 N–H and O–H groups in total. The molecule has 0 atom stereocenters. The van der Waals surface area contributed by atoms with Gasteiger partial charge in [0.15, 0.2) is 11.7 Å². The van der Waals surface area contributed by atoms with Gasteiger partial charge < -0.3 is 14.8 Å². The van der Waals surface area contributed by atoms with Crippen molar-refractivity contribution in [3.05, 3.63) is 83.9 Å². The van der Waals surface area contributed by atoms with E-state index in [0.717, 1.165) is 34.2 Å². The van der Waals surface area contributed by atoms with Gasteiger partial charge in [0, 0.05) is 23.3 Å². The molecule has 0 saturated heterocycles. The molecule has 2 heterocycles. The van der Waals surface area contributed by atoms with Crippen LogP contribution < -0.4 is 14.8 Å². The van der Waals surface area contributed by atoms with Crippen LogP contribution in [-0.2, 0) is 11.2 Å². The van der Waals surface area contributed by atoms with Crippen molar-refractivity contribution < 1.29 is 14.3 Å². The Labute approximate surface area is 184 Å². The number of nitrogens with zero attached hydrogens (tertiary/aromatic N) is 2.